The van der Waals surface area contributed by atoms with E-state index in [0.29, 0.717) is 62.5 Å². The van der Waals surface area contributed by atoms with Gasteiger partial charge in [0.25, 0.3) is 0 Å². The number of ether oxygens (including phenoxy) is 3. The number of nitrogens with zero attached hydrogens (tertiary/aromatic N) is 3. The molecule has 0 radical (unpaired) electrons. The van der Waals surface area contributed by atoms with Crippen molar-refractivity contribution in [1.82, 2.24) is 9.80 Å². The van der Waals surface area contributed by atoms with Crippen molar-refractivity contribution in [3.05, 3.63) is 47.3 Å². The van der Waals surface area contributed by atoms with E-state index in [2.05, 4.69) is 4.90 Å². The van der Waals surface area contributed by atoms with E-state index in [9.17, 15) is 24.2 Å². The van der Waals surface area contributed by atoms with Gasteiger partial charge in [-0.15, -0.1) is 0 Å². The molecule has 1 amide bonds. The summed E-state index contributed by atoms with van der Waals surface area (Å²) in [6.07, 6.45) is 3.88. The Balaban J connectivity index is 1.57. The Kier molecular flexibility index (Phi) is 12.2. The molecule has 1 aromatic carbocycles. The topological polar surface area (TPSA) is 112 Å². The lowest BCUT2D eigenvalue weighted by Gasteiger charge is -2.36. The second-order valence-corrected chi connectivity index (χ2v) is 12.4. The van der Waals surface area contributed by atoms with Crippen LogP contribution >= 0.6 is 0 Å². The highest BCUT2D eigenvalue weighted by Crippen LogP contribution is 2.28. The summed E-state index contributed by atoms with van der Waals surface area (Å²) < 4.78 is 32.2. The highest BCUT2D eigenvalue weighted by atomic mass is 19.1. The summed E-state index contributed by atoms with van der Waals surface area (Å²) in [5.74, 6) is -1.32. The Labute approximate surface area is 260 Å². The van der Waals surface area contributed by atoms with E-state index in [4.69, 9.17) is 14.2 Å². The molecule has 10 nitrogen and oxygen atoms in total. The first-order valence-corrected chi connectivity index (χ1v) is 15.7. The average molecular weight is 618 g/mol. The normalized spacial score (nSPS) is 30.6. The van der Waals surface area contributed by atoms with Gasteiger partial charge in [-0.1, -0.05) is 26.0 Å². The number of aliphatic hydroxyl groups excluding tert-OH is 2. The molecule has 2 saturated heterocycles. The van der Waals surface area contributed by atoms with Crippen LogP contribution in [0, 0.1) is 17.7 Å². The smallest absolute Gasteiger partial charge is 0.410 e. The van der Waals surface area contributed by atoms with E-state index in [1.807, 2.05) is 50.9 Å². The Morgan fingerprint density at radius 1 is 1.11 bits per heavy atom. The van der Waals surface area contributed by atoms with Gasteiger partial charge in [-0.2, -0.15) is 0 Å². The summed E-state index contributed by atoms with van der Waals surface area (Å²) >= 11 is 0. The van der Waals surface area contributed by atoms with Crippen LogP contribution < -0.4 is 4.90 Å². The van der Waals surface area contributed by atoms with Crippen LogP contribution in [0.15, 0.2) is 35.9 Å². The Morgan fingerprint density at radius 2 is 1.86 bits per heavy atom. The van der Waals surface area contributed by atoms with Crippen molar-refractivity contribution in [2.45, 2.75) is 64.4 Å². The molecule has 3 aliphatic rings. The quantitative estimate of drug-likeness (QED) is 0.379. The number of piperazine rings is 1. The van der Waals surface area contributed by atoms with Gasteiger partial charge in [0.2, 0.25) is 0 Å². The minimum Gasteiger partial charge on any atom is -0.457 e. The summed E-state index contributed by atoms with van der Waals surface area (Å²) in [4.78, 5) is 31.7. The Bertz CT molecular complexity index is 1190. The fourth-order valence-electron chi connectivity index (χ4n) is 5.97. The fourth-order valence-corrected chi connectivity index (χ4v) is 5.97. The monoisotopic (exact) mass is 617 g/mol. The van der Waals surface area contributed by atoms with Crippen LogP contribution in [0.3, 0.4) is 0 Å². The number of likely N-dealkylation sites (N-methyl/N-ethyl adjacent to an activating group) is 1. The molecule has 0 saturated carbocycles. The first kappa shape index (κ1) is 33.9. The second-order valence-electron chi connectivity index (χ2n) is 12.4. The number of aliphatic hydroxyl groups is 2. The fraction of sp³-hybridized carbons (Fsp3) is 0.636. The molecule has 2 fully saturated rings. The highest BCUT2D eigenvalue weighted by molar-refractivity contribution is 5.71. The highest BCUT2D eigenvalue weighted by Gasteiger charge is 2.29. The molecule has 0 spiro atoms. The van der Waals surface area contributed by atoms with Crippen LogP contribution in [0.25, 0.3) is 6.08 Å². The van der Waals surface area contributed by atoms with E-state index in [-0.39, 0.29) is 37.0 Å². The van der Waals surface area contributed by atoms with Gasteiger partial charge in [0.05, 0.1) is 38.4 Å². The van der Waals surface area contributed by atoms with Crippen LogP contribution in [-0.4, -0.2) is 116 Å². The van der Waals surface area contributed by atoms with Crippen molar-refractivity contribution in [2.75, 3.05) is 64.5 Å². The molecule has 0 aliphatic carbocycles. The van der Waals surface area contributed by atoms with Gasteiger partial charge in [0, 0.05) is 44.3 Å². The second kappa shape index (κ2) is 15.8. The van der Waals surface area contributed by atoms with E-state index in [1.165, 1.54) is 12.1 Å². The number of amides is 1. The molecule has 3 aliphatic heterocycles. The van der Waals surface area contributed by atoms with Crippen LogP contribution in [0.1, 0.15) is 45.6 Å². The number of carbonyl (C=O) groups is 2. The van der Waals surface area contributed by atoms with Gasteiger partial charge >= 0.3 is 12.1 Å². The Hall–Kier alpha value is -2.99. The maximum Gasteiger partial charge on any atom is 0.410 e. The summed E-state index contributed by atoms with van der Waals surface area (Å²) in [6.45, 7) is 9.75. The number of carbonyl (C=O) groups excluding carboxylic acids is 2. The number of esters is 1. The number of hydrogen-bond donors (Lipinski definition) is 2. The zero-order valence-corrected chi connectivity index (χ0v) is 26.4. The molecule has 1 aromatic rings. The van der Waals surface area contributed by atoms with E-state index in [1.54, 1.807) is 11.0 Å². The number of anilines is 1. The molecule has 3 heterocycles. The maximum absolute atomic E-state index is 14.8. The first-order valence-electron chi connectivity index (χ1n) is 15.7. The van der Waals surface area contributed by atoms with Gasteiger partial charge in [0.15, 0.2) is 0 Å². The number of benzene rings is 1. The molecule has 4 rings (SSSR count). The van der Waals surface area contributed by atoms with Crippen LogP contribution in [0.5, 0.6) is 0 Å². The van der Waals surface area contributed by atoms with Crippen molar-refractivity contribution in [3.8, 4) is 0 Å². The minimum absolute atomic E-state index is 0.0799. The van der Waals surface area contributed by atoms with Gasteiger partial charge in [0.1, 0.15) is 18.0 Å². The van der Waals surface area contributed by atoms with Crippen molar-refractivity contribution in [2.24, 2.45) is 11.8 Å². The predicted octanol–water partition coefficient (Wildman–Crippen LogP) is 3.46. The molecule has 0 unspecified atom stereocenters. The third-order valence-corrected chi connectivity index (χ3v) is 8.77. The van der Waals surface area contributed by atoms with Gasteiger partial charge in [-0.05, 0) is 68.1 Å². The third-order valence-electron chi connectivity index (χ3n) is 8.77. The van der Waals surface area contributed by atoms with Crippen molar-refractivity contribution < 1.29 is 38.4 Å². The molecule has 0 aromatic heterocycles. The summed E-state index contributed by atoms with van der Waals surface area (Å²) in [6, 6.07) is 4.43. The lowest BCUT2D eigenvalue weighted by molar-refractivity contribution is -0.151. The largest absolute Gasteiger partial charge is 0.457 e. The summed E-state index contributed by atoms with van der Waals surface area (Å²) in [5, 5.41) is 20.4. The third kappa shape index (κ3) is 9.26. The average Bonchev–Trinajstić information content (AvgIpc) is 2.99. The molecule has 244 valence electrons. The zero-order valence-electron chi connectivity index (χ0n) is 26.4. The number of cyclic esters (lactones) is 1. The first-order chi connectivity index (χ1) is 21.0. The molecule has 6 atom stereocenters. The van der Waals surface area contributed by atoms with Crippen LogP contribution in [0.2, 0.25) is 0 Å². The van der Waals surface area contributed by atoms with Crippen LogP contribution in [0.4, 0.5) is 14.9 Å². The van der Waals surface area contributed by atoms with Gasteiger partial charge in [-0.3, -0.25) is 4.79 Å². The SMILES string of the molecule is C/C(=C\c1cc(F)cc(N2CCOC[C@@H]2CO)c1)[C@H]1OC(=O)C[C@H](O)CC[C@H](C)[C@@H](OC(=O)N2CCN(C)CC2)/C=C\[C@@H]1C. The molecule has 44 heavy (non-hydrogen) atoms. The number of halogens is 1. The minimum atomic E-state index is -0.888. The van der Waals surface area contributed by atoms with Crippen molar-refractivity contribution >= 4 is 23.8 Å². The van der Waals surface area contributed by atoms with E-state index < -0.39 is 30.1 Å². The number of hydrogen-bond acceptors (Lipinski definition) is 9. The lowest BCUT2D eigenvalue weighted by atomic mass is 9.91. The van der Waals surface area contributed by atoms with Crippen LogP contribution in [-0.2, 0) is 19.0 Å². The summed E-state index contributed by atoms with van der Waals surface area (Å²) in [7, 11) is 2.02. The molecular formula is C33H48FN3O7. The molecule has 11 heteroatoms. The standard InChI is InChI=1S/C33H48FN3O7/c1-22-5-7-29(39)19-31(40)44-32(23(2)6-8-30(22)43-33(41)36-11-9-35(4)10-12-36)24(3)15-25-16-26(34)18-27(17-25)37-13-14-42-21-28(37)20-38/h6,8,15-18,22-23,28-30,32,38-39H,5,7,9-14,19-21H2,1-4H3/b8-6-,24-15+/t22-,23-,28-,29+,30-,32-/m0/s1. The van der Waals surface area contributed by atoms with Crippen molar-refractivity contribution in [3.63, 3.8) is 0 Å². The van der Waals surface area contributed by atoms with Gasteiger partial charge < -0.3 is 39.1 Å². The Morgan fingerprint density at radius 3 is 2.59 bits per heavy atom. The van der Waals surface area contributed by atoms with Crippen molar-refractivity contribution in [1.29, 1.82) is 0 Å². The molecular weight excluding hydrogens is 569 g/mol. The zero-order chi connectivity index (χ0) is 31.8. The maximum atomic E-state index is 14.8. The van der Waals surface area contributed by atoms with E-state index >= 15 is 0 Å². The number of rotatable bonds is 5. The number of morpholine rings is 1. The summed E-state index contributed by atoms with van der Waals surface area (Å²) in [5.41, 5.74) is 1.92. The molecule has 2 N–H and O–H groups in total. The van der Waals surface area contributed by atoms with E-state index in [0.717, 1.165) is 13.1 Å². The lowest BCUT2D eigenvalue weighted by Crippen LogP contribution is -2.48. The van der Waals surface area contributed by atoms with Gasteiger partial charge in [-0.25, -0.2) is 9.18 Å². The predicted molar refractivity (Wildman–Crippen MR) is 166 cm³/mol. The molecule has 0 bridgehead atoms.